The summed E-state index contributed by atoms with van der Waals surface area (Å²) in [5.74, 6) is 0. The molecule has 0 aliphatic carbocycles. The highest BCUT2D eigenvalue weighted by Gasteiger charge is 2.16. The molecule has 1 heterocycles. The van der Waals surface area contributed by atoms with E-state index >= 15 is 0 Å². The summed E-state index contributed by atoms with van der Waals surface area (Å²) in [5.41, 5.74) is 0. The van der Waals surface area contributed by atoms with Gasteiger partial charge in [-0.25, -0.2) is 0 Å². The van der Waals surface area contributed by atoms with Crippen LogP contribution in [0.3, 0.4) is 0 Å². The van der Waals surface area contributed by atoms with Gasteiger partial charge in [0.25, 0.3) is 0 Å². The summed E-state index contributed by atoms with van der Waals surface area (Å²) in [4.78, 5) is 0. The van der Waals surface area contributed by atoms with E-state index in [0.717, 1.165) is 32.2 Å². The predicted molar refractivity (Wildman–Crippen MR) is 68.7 cm³/mol. The minimum Gasteiger partial charge on any atom is -0.380 e. The Bertz CT molecular complexity index is 179. The first-order valence-corrected chi connectivity index (χ1v) is 6.48. The molecule has 1 aliphatic rings. The molecule has 16 heavy (non-hydrogen) atoms. The summed E-state index contributed by atoms with van der Waals surface area (Å²) in [6, 6.07) is 1.31. The molecule has 0 spiro atoms. The van der Waals surface area contributed by atoms with Crippen LogP contribution in [0, 0.1) is 0 Å². The van der Waals surface area contributed by atoms with Crippen LogP contribution >= 0.6 is 0 Å². The monoisotopic (exact) mass is 226 g/mol. The maximum Gasteiger partial charge on any atom is 0.0591 e. The maximum absolute atomic E-state index is 5.45. The van der Waals surface area contributed by atoms with Crippen LogP contribution in [0.25, 0.3) is 0 Å². The molecule has 2 N–H and O–H groups in total. The van der Waals surface area contributed by atoms with Crippen LogP contribution in [0.4, 0.5) is 0 Å². The van der Waals surface area contributed by atoms with E-state index in [4.69, 9.17) is 4.74 Å². The molecule has 0 radical (unpaired) electrons. The molecule has 1 fully saturated rings. The van der Waals surface area contributed by atoms with Gasteiger partial charge >= 0.3 is 0 Å². The van der Waals surface area contributed by atoms with E-state index in [9.17, 15) is 0 Å². The third-order valence-corrected chi connectivity index (χ3v) is 3.01. The van der Waals surface area contributed by atoms with E-state index < -0.39 is 0 Å². The molecule has 3 nitrogen and oxygen atoms in total. The number of nitrogens with one attached hydrogen (secondary N) is 2. The first kappa shape index (κ1) is 13.7. The minimum absolute atomic E-state index is 0.582. The molecular formula is C13H26N2O. The van der Waals surface area contributed by atoms with Gasteiger partial charge < -0.3 is 15.4 Å². The van der Waals surface area contributed by atoms with Crippen LogP contribution in [0.1, 0.15) is 32.6 Å². The summed E-state index contributed by atoms with van der Waals surface area (Å²) >= 11 is 0. The maximum atomic E-state index is 5.45. The van der Waals surface area contributed by atoms with Crippen molar-refractivity contribution in [2.75, 3.05) is 26.3 Å². The smallest absolute Gasteiger partial charge is 0.0591 e. The van der Waals surface area contributed by atoms with Gasteiger partial charge in [-0.15, -0.1) is 6.58 Å². The molecule has 1 aliphatic heterocycles. The fourth-order valence-corrected chi connectivity index (χ4v) is 2.11. The highest BCUT2D eigenvalue weighted by Crippen LogP contribution is 2.10. The summed E-state index contributed by atoms with van der Waals surface area (Å²) in [6.07, 6.45) is 6.74. The van der Waals surface area contributed by atoms with Crippen molar-refractivity contribution in [3.8, 4) is 0 Å². The van der Waals surface area contributed by atoms with Gasteiger partial charge in [0.15, 0.2) is 0 Å². The van der Waals surface area contributed by atoms with Crippen molar-refractivity contribution in [2.45, 2.75) is 44.7 Å². The lowest BCUT2D eigenvalue weighted by atomic mass is 10.1. The van der Waals surface area contributed by atoms with E-state index in [1.807, 2.05) is 6.08 Å². The number of ether oxygens (including phenoxy) is 1. The average Bonchev–Trinajstić information content (AvgIpc) is 2.76. The van der Waals surface area contributed by atoms with E-state index in [2.05, 4.69) is 24.1 Å². The first-order chi connectivity index (χ1) is 7.83. The zero-order valence-electron chi connectivity index (χ0n) is 10.5. The average molecular weight is 226 g/mol. The van der Waals surface area contributed by atoms with Crippen molar-refractivity contribution >= 4 is 0 Å². The first-order valence-electron chi connectivity index (χ1n) is 6.48. The molecular weight excluding hydrogens is 200 g/mol. The van der Waals surface area contributed by atoms with Crippen molar-refractivity contribution in [2.24, 2.45) is 0 Å². The quantitative estimate of drug-likeness (QED) is 0.464. The molecule has 1 saturated heterocycles. The molecule has 0 aromatic rings. The lowest BCUT2D eigenvalue weighted by molar-refractivity contribution is 0.138. The van der Waals surface area contributed by atoms with Crippen LogP contribution in [-0.2, 0) is 4.74 Å². The van der Waals surface area contributed by atoms with Gasteiger partial charge in [-0.2, -0.15) is 0 Å². The van der Waals surface area contributed by atoms with Gasteiger partial charge in [0.05, 0.1) is 13.2 Å². The molecule has 1 rings (SSSR count). The van der Waals surface area contributed by atoms with E-state index in [1.165, 1.54) is 25.8 Å². The Balaban J connectivity index is 1.89. The lowest BCUT2D eigenvalue weighted by Crippen LogP contribution is -2.35. The van der Waals surface area contributed by atoms with Gasteiger partial charge in [0, 0.05) is 18.6 Å². The van der Waals surface area contributed by atoms with E-state index in [1.54, 1.807) is 0 Å². The lowest BCUT2D eigenvalue weighted by Gasteiger charge is -2.18. The van der Waals surface area contributed by atoms with Gasteiger partial charge in [-0.05, 0) is 39.2 Å². The second-order valence-electron chi connectivity index (χ2n) is 4.57. The normalized spacial score (nSPS) is 22.2. The van der Waals surface area contributed by atoms with Crippen molar-refractivity contribution < 1.29 is 4.74 Å². The standard InChI is InChI=1S/C13H26N2O/c1-3-4-9-16-10-8-14-12(2)11-13-6-5-7-15-13/h3,12-15H,1,4-11H2,2H3. The van der Waals surface area contributed by atoms with Crippen LogP contribution in [0.15, 0.2) is 12.7 Å². The summed E-state index contributed by atoms with van der Waals surface area (Å²) in [7, 11) is 0. The Kier molecular flexibility index (Phi) is 7.47. The van der Waals surface area contributed by atoms with E-state index in [-0.39, 0.29) is 0 Å². The summed E-state index contributed by atoms with van der Waals surface area (Å²) in [5, 5.41) is 7.02. The van der Waals surface area contributed by atoms with Crippen molar-refractivity contribution in [3.05, 3.63) is 12.7 Å². The van der Waals surface area contributed by atoms with E-state index in [0.29, 0.717) is 6.04 Å². The molecule has 2 atom stereocenters. The number of hydrogen-bond acceptors (Lipinski definition) is 3. The predicted octanol–water partition coefficient (Wildman–Crippen LogP) is 1.70. The Hall–Kier alpha value is -0.380. The van der Waals surface area contributed by atoms with Crippen LogP contribution in [-0.4, -0.2) is 38.4 Å². The zero-order valence-corrected chi connectivity index (χ0v) is 10.5. The van der Waals surface area contributed by atoms with Gasteiger partial charge in [0.1, 0.15) is 0 Å². The SMILES string of the molecule is C=CCCOCCNC(C)CC1CCCN1. The van der Waals surface area contributed by atoms with Crippen LogP contribution < -0.4 is 10.6 Å². The summed E-state index contributed by atoms with van der Waals surface area (Å²) in [6.45, 7) is 9.66. The molecule has 94 valence electrons. The number of rotatable bonds is 9. The highest BCUT2D eigenvalue weighted by molar-refractivity contribution is 4.78. The molecule has 0 aromatic heterocycles. The zero-order chi connectivity index (χ0) is 11.6. The Morgan fingerprint density at radius 1 is 1.56 bits per heavy atom. The fourth-order valence-electron chi connectivity index (χ4n) is 2.11. The molecule has 2 unspecified atom stereocenters. The van der Waals surface area contributed by atoms with Gasteiger partial charge in [-0.3, -0.25) is 0 Å². The highest BCUT2D eigenvalue weighted by atomic mass is 16.5. The fraction of sp³-hybridized carbons (Fsp3) is 0.846. The Morgan fingerprint density at radius 2 is 2.44 bits per heavy atom. The third-order valence-electron chi connectivity index (χ3n) is 3.01. The van der Waals surface area contributed by atoms with Gasteiger partial charge in [0.2, 0.25) is 0 Å². The second-order valence-corrected chi connectivity index (χ2v) is 4.57. The molecule has 0 aromatic carbocycles. The Labute approximate surface area is 99.6 Å². The van der Waals surface area contributed by atoms with Crippen molar-refractivity contribution in [3.63, 3.8) is 0 Å². The van der Waals surface area contributed by atoms with Crippen molar-refractivity contribution in [1.29, 1.82) is 0 Å². The Morgan fingerprint density at radius 3 is 3.12 bits per heavy atom. The minimum atomic E-state index is 0.582. The number of hydrogen-bond donors (Lipinski definition) is 2. The molecule has 0 bridgehead atoms. The topological polar surface area (TPSA) is 33.3 Å². The molecule has 0 amide bonds. The summed E-state index contributed by atoms with van der Waals surface area (Å²) < 4.78 is 5.45. The van der Waals surface area contributed by atoms with Gasteiger partial charge in [-0.1, -0.05) is 6.08 Å². The third kappa shape index (κ3) is 6.26. The second kappa shape index (κ2) is 8.74. The molecule has 3 heteroatoms. The van der Waals surface area contributed by atoms with Crippen LogP contribution in [0.5, 0.6) is 0 Å². The van der Waals surface area contributed by atoms with Crippen LogP contribution in [0.2, 0.25) is 0 Å². The molecule has 0 saturated carbocycles. The largest absolute Gasteiger partial charge is 0.380 e. The van der Waals surface area contributed by atoms with Crippen molar-refractivity contribution in [1.82, 2.24) is 10.6 Å².